The van der Waals surface area contributed by atoms with Crippen LogP contribution in [0.4, 0.5) is 0 Å². The third-order valence-electron chi connectivity index (χ3n) is 2.27. The van der Waals surface area contributed by atoms with Gasteiger partial charge < -0.3 is 8.92 Å². The highest BCUT2D eigenvalue weighted by Gasteiger charge is 2.18. The molecule has 0 aromatic heterocycles. The van der Waals surface area contributed by atoms with Crippen LogP contribution in [-0.2, 0) is 15.5 Å². The molecule has 5 heteroatoms. The van der Waals surface area contributed by atoms with Crippen LogP contribution in [0.15, 0.2) is 18.2 Å². The van der Waals surface area contributed by atoms with E-state index in [9.17, 15) is 8.42 Å². The molecule has 0 aliphatic rings. The van der Waals surface area contributed by atoms with Crippen molar-refractivity contribution < 1.29 is 17.3 Å². The van der Waals surface area contributed by atoms with E-state index >= 15 is 0 Å². The van der Waals surface area contributed by atoms with Gasteiger partial charge in [-0.3, -0.25) is 0 Å². The average Bonchev–Trinajstić information content (AvgIpc) is 2.13. The Morgan fingerprint density at radius 3 is 2.12 bits per heavy atom. The van der Waals surface area contributed by atoms with Gasteiger partial charge in [-0.15, -0.1) is 0 Å². The number of hydrogen-bond donors (Lipinski definition) is 0. The van der Waals surface area contributed by atoms with Crippen LogP contribution in [0.1, 0.15) is 26.3 Å². The number of benzene rings is 1. The van der Waals surface area contributed by atoms with E-state index < -0.39 is 10.1 Å². The topological polar surface area (TPSA) is 52.6 Å². The van der Waals surface area contributed by atoms with Crippen LogP contribution >= 0.6 is 0 Å². The lowest BCUT2D eigenvalue weighted by Gasteiger charge is -2.20. The van der Waals surface area contributed by atoms with Crippen molar-refractivity contribution in [1.82, 2.24) is 0 Å². The fraction of sp³-hybridized carbons (Fsp3) is 0.500. The minimum atomic E-state index is -3.55. The summed E-state index contributed by atoms with van der Waals surface area (Å²) in [4.78, 5) is 0. The van der Waals surface area contributed by atoms with Gasteiger partial charge in [0.1, 0.15) is 0 Å². The molecule has 0 bridgehead atoms. The molecule has 1 aromatic carbocycles. The molecule has 0 aliphatic heterocycles. The van der Waals surface area contributed by atoms with Crippen molar-refractivity contribution in [2.75, 3.05) is 13.4 Å². The Morgan fingerprint density at radius 2 is 1.71 bits per heavy atom. The smallest absolute Gasteiger partial charge is 0.306 e. The van der Waals surface area contributed by atoms with Crippen LogP contribution in [0, 0.1) is 0 Å². The summed E-state index contributed by atoms with van der Waals surface area (Å²) in [6, 6.07) is 5.30. The predicted molar refractivity (Wildman–Crippen MR) is 67.2 cm³/mol. The van der Waals surface area contributed by atoms with Gasteiger partial charge in [0.05, 0.1) is 13.4 Å². The molecule has 0 fully saturated rings. The Balaban J connectivity index is 3.25. The second kappa shape index (κ2) is 4.56. The molecule has 0 aliphatic carbocycles. The third kappa shape index (κ3) is 3.93. The highest BCUT2D eigenvalue weighted by atomic mass is 32.2. The quantitative estimate of drug-likeness (QED) is 0.781. The highest BCUT2D eigenvalue weighted by Crippen LogP contribution is 2.33. The van der Waals surface area contributed by atoms with Gasteiger partial charge in [0, 0.05) is 0 Å². The predicted octanol–water partition coefficient (Wildman–Crippen LogP) is 2.33. The number of rotatable bonds is 3. The molecule has 0 heterocycles. The molecule has 0 saturated heterocycles. The fourth-order valence-electron chi connectivity index (χ4n) is 1.37. The van der Waals surface area contributed by atoms with Crippen LogP contribution in [0.5, 0.6) is 11.5 Å². The zero-order chi connectivity index (χ0) is 13.3. The molecule has 0 amide bonds. The maximum absolute atomic E-state index is 11.2. The summed E-state index contributed by atoms with van der Waals surface area (Å²) in [5.41, 5.74) is 0.902. The molecule has 0 saturated carbocycles. The SMILES string of the molecule is COc1ccc(C(C)(C)C)cc1OS(C)(=O)=O. The van der Waals surface area contributed by atoms with Gasteiger partial charge in [-0.1, -0.05) is 26.8 Å². The van der Waals surface area contributed by atoms with E-state index in [0.717, 1.165) is 11.8 Å². The lowest BCUT2D eigenvalue weighted by Crippen LogP contribution is -2.12. The van der Waals surface area contributed by atoms with Crippen LogP contribution < -0.4 is 8.92 Å². The highest BCUT2D eigenvalue weighted by molar-refractivity contribution is 7.86. The largest absolute Gasteiger partial charge is 0.493 e. The molecule has 4 nitrogen and oxygen atoms in total. The number of hydrogen-bond acceptors (Lipinski definition) is 4. The van der Waals surface area contributed by atoms with Gasteiger partial charge in [0.2, 0.25) is 0 Å². The van der Waals surface area contributed by atoms with Crippen LogP contribution in [0.2, 0.25) is 0 Å². The summed E-state index contributed by atoms with van der Waals surface area (Å²) in [5, 5.41) is 0. The lowest BCUT2D eigenvalue weighted by atomic mass is 9.87. The summed E-state index contributed by atoms with van der Waals surface area (Å²) >= 11 is 0. The summed E-state index contributed by atoms with van der Waals surface area (Å²) in [5.74, 6) is 0.630. The molecule has 17 heavy (non-hydrogen) atoms. The summed E-state index contributed by atoms with van der Waals surface area (Å²) in [6.07, 6.45) is 1.01. The Morgan fingerprint density at radius 1 is 1.12 bits per heavy atom. The Kier molecular flexibility index (Phi) is 3.71. The van der Waals surface area contributed by atoms with Gasteiger partial charge in [0.15, 0.2) is 11.5 Å². The summed E-state index contributed by atoms with van der Waals surface area (Å²) in [7, 11) is -2.08. The van der Waals surface area contributed by atoms with Gasteiger partial charge in [-0.05, 0) is 23.1 Å². The van der Waals surface area contributed by atoms with Crippen molar-refractivity contribution in [3.05, 3.63) is 23.8 Å². The molecule has 0 N–H and O–H groups in total. The monoisotopic (exact) mass is 258 g/mol. The maximum Gasteiger partial charge on any atom is 0.306 e. The summed E-state index contributed by atoms with van der Waals surface area (Å²) < 4.78 is 32.3. The van der Waals surface area contributed by atoms with E-state index in [2.05, 4.69) is 0 Å². The van der Waals surface area contributed by atoms with E-state index in [0.29, 0.717) is 5.75 Å². The zero-order valence-electron chi connectivity index (χ0n) is 10.8. The van der Waals surface area contributed by atoms with Crippen molar-refractivity contribution in [1.29, 1.82) is 0 Å². The first-order valence-electron chi connectivity index (χ1n) is 5.21. The summed E-state index contributed by atoms with van der Waals surface area (Å²) in [6.45, 7) is 6.12. The second-order valence-electron chi connectivity index (χ2n) is 4.90. The molecule has 1 rings (SSSR count). The van der Waals surface area contributed by atoms with Gasteiger partial charge >= 0.3 is 10.1 Å². The molecule has 0 unspecified atom stereocenters. The van der Waals surface area contributed by atoms with Crippen molar-refractivity contribution in [2.24, 2.45) is 0 Å². The van der Waals surface area contributed by atoms with Crippen LogP contribution in [0.25, 0.3) is 0 Å². The van der Waals surface area contributed by atoms with E-state index in [1.54, 1.807) is 12.1 Å². The molecule has 0 spiro atoms. The first kappa shape index (κ1) is 13.8. The molecular formula is C12H18O4S. The van der Waals surface area contributed by atoms with Crippen LogP contribution in [-0.4, -0.2) is 21.8 Å². The van der Waals surface area contributed by atoms with Crippen molar-refractivity contribution in [3.8, 4) is 11.5 Å². The van der Waals surface area contributed by atoms with Crippen molar-refractivity contribution >= 4 is 10.1 Å². The fourth-order valence-corrected chi connectivity index (χ4v) is 1.83. The van der Waals surface area contributed by atoms with E-state index in [1.807, 2.05) is 26.8 Å². The van der Waals surface area contributed by atoms with E-state index in [4.69, 9.17) is 8.92 Å². The van der Waals surface area contributed by atoms with E-state index in [-0.39, 0.29) is 11.2 Å². The van der Waals surface area contributed by atoms with Crippen molar-refractivity contribution in [2.45, 2.75) is 26.2 Å². The van der Waals surface area contributed by atoms with Gasteiger partial charge in [0.25, 0.3) is 0 Å². The zero-order valence-corrected chi connectivity index (χ0v) is 11.6. The molecule has 1 aromatic rings. The molecule has 0 atom stereocenters. The lowest BCUT2D eigenvalue weighted by molar-refractivity contribution is 0.390. The first-order valence-corrected chi connectivity index (χ1v) is 7.03. The third-order valence-corrected chi connectivity index (χ3v) is 2.75. The van der Waals surface area contributed by atoms with Gasteiger partial charge in [-0.2, -0.15) is 8.42 Å². The number of ether oxygens (including phenoxy) is 1. The average molecular weight is 258 g/mol. The normalized spacial score (nSPS) is 12.3. The van der Waals surface area contributed by atoms with Gasteiger partial charge in [-0.25, -0.2) is 0 Å². The Hall–Kier alpha value is -1.23. The minimum Gasteiger partial charge on any atom is -0.493 e. The molecular weight excluding hydrogens is 240 g/mol. The Labute approximate surface area is 103 Å². The van der Waals surface area contributed by atoms with Crippen LogP contribution in [0.3, 0.4) is 0 Å². The van der Waals surface area contributed by atoms with E-state index in [1.165, 1.54) is 7.11 Å². The first-order chi connectivity index (χ1) is 7.63. The standard InChI is InChI=1S/C12H18O4S/c1-12(2,3)9-6-7-10(15-4)11(8-9)16-17(5,13)14/h6-8H,1-5H3. The minimum absolute atomic E-state index is 0.0815. The molecule has 96 valence electrons. The second-order valence-corrected chi connectivity index (χ2v) is 6.48. The Bertz CT molecular complexity index is 498. The number of methoxy groups -OCH3 is 1. The van der Waals surface area contributed by atoms with Crippen molar-refractivity contribution in [3.63, 3.8) is 0 Å². The molecule has 0 radical (unpaired) electrons. The maximum atomic E-state index is 11.2.